The average Bonchev–Trinajstić information content (AvgIpc) is 2.68. The van der Waals surface area contributed by atoms with E-state index in [1.165, 1.54) is 0 Å². The van der Waals surface area contributed by atoms with E-state index >= 15 is 0 Å². The van der Waals surface area contributed by atoms with Crippen molar-refractivity contribution in [2.75, 3.05) is 26.0 Å². The van der Waals surface area contributed by atoms with Crippen molar-refractivity contribution in [2.24, 2.45) is 4.99 Å². The number of nitrogens with one attached hydrogen (secondary N) is 3. The maximum Gasteiger partial charge on any atom is 0.243 e. The molecule has 0 aliphatic heterocycles. The zero-order valence-electron chi connectivity index (χ0n) is 14.9. The summed E-state index contributed by atoms with van der Waals surface area (Å²) in [4.78, 5) is 16.2. The number of hydrogen-bond acceptors (Lipinski definition) is 3. The summed E-state index contributed by atoms with van der Waals surface area (Å²) in [6.07, 6.45) is 5.36. The van der Waals surface area contributed by atoms with Gasteiger partial charge in [-0.3, -0.25) is 9.79 Å². The summed E-state index contributed by atoms with van der Waals surface area (Å²) in [6, 6.07) is 14.9. The third-order valence-corrected chi connectivity index (χ3v) is 3.55. The molecule has 0 saturated carbocycles. The zero-order chi connectivity index (χ0) is 18.8. The minimum atomic E-state index is -0.191. The smallest absolute Gasteiger partial charge is 0.243 e. The Balaban J connectivity index is 1.82. The normalized spacial score (nSPS) is 10.6. The Bertz CT molecular complexity index is 825. The lowest BCUT2D eigenvalue weighted by Crippen LogP contribution is -2.41. The van der Waals surface area contributed by atoms with E-state index in [1.807, 2.05) is 24.3 Å². The molecule has 0 unspecified atom stereocenters. The first-order valence-electron chi connectivity index (χ1n) is 8.08. The fourth-order valence-corrected chi connectivity index (χ4v) is 2.24. The van der Waals surface area contributed by atoms with Crippen LogP contribution in [0.2, 0.25) is 0 Å². The molecule has 0 heterocycles. The largest absolute Gasteiger partial charge is 0.497 e. The van der Waals surface area contributed by atoms with E-state index in [0.717, 1.165) is 11.3 Å². The highest BCUT2D eigenvalue weighted by Crippen LogP contribution is 2.12. The second-order valence-electron chi connectivity index (χ2n) is 5.40. The van der Waals surface area contributed by atoms with E-state index < -0.39 is 0 Å². The van der Waals surface area contributed by atoms with Gasteiger partial charge in [-0.1, -0.05) is 24.1 Å². The van der Waals surface area contributed by atoms with E-state index in [1.54, 1.807) is 38.4 Å². The van der Waals surface area contributed by atoms with Gasteiger partial charge in [0.15, 0.2) is 5.96 Å². The Morgan fingerprint density at radius 1 is 1.19 bits per heavy atom. The molecule has 1 amide bonds. The number of rotatable bonds is 6. The molecular weight excluding hydrogens is 328 g/mol. The van der Waals surface area contributed by atoms with Gasteiger partial charge in [0.2, 0.25) is 5.91 Å². The summed E-state index contributed by atoms with van der Waals surface area (Å²) < 4.78 is 5.20. The first kappa shape index (κ1) is 18.9. The second kappa shape index (κ2) is 9.74. The number of nitrogens with zero attached hydrogens (tertiary/aromatic N) is 1. The fourth-order valence-electron chi connectivity index (χ4n) is 2.24. The number of carbonyl (C=O) groups excluding carboxylic acids is 1. The summed E-state index contributed by atoms with van der Waals surface area (Å²) in [6.45, 7) is 0.640. The summed E-state index contributed by atoms with van der Waals surface area (Å²) >= 11 is 0. The number of carbonyl (C=O) groups is 1. The van der Waals surface area contributed by atoms with Crippen molar-refractivity contribution in [3.8, 4) is 18.1 Å². The quantitative estimate of drug-likeness (QED) is 0.423. The lowest BCUT2D eigenvalue weighted by Gasteiger charge is -2.12. The lowest BCUT2D eigenvalue weighted by atomic mass is 10.2. The molecule has 0 saturated heterocycles. The Morgan fingerprint density at radius 3 is 2.73 bits per heavy atom. The van der Waals surface area contributed by atoms with Crippen molar-refractivity contribution in [3.05, 3.63) is 59.7 Å². The number of hydrogen-bond donors (Lipinski definition) is 3. The van der Waals surface area contributed by atoms with Crippen LogP contribution >= 0.6 is 0 Å². The molecule has 0 atom stereocenters. The summed E-state index contributed by atoms with van der Waals surface area (Å²) in [7, 11) is 3.28. The first-order valence-corrected chi connectivity index (χ1v) is 8.08. The Hall–Kier alpha value is -3.46. The maximum absolute atomic E-state index is 12.1. The monoisotopic (exact) mass is 350 g/mol. The number of amides is 1. The van der Waals surface area contributed by atoms with Gasteiger partial charge in [0, 0.05) is 24.8 Å². The molecule has 134 valence electrons. The van der Waals surface area contributed by atoms with Gasteiger partial charge >= 0.3 is 0 Å². The van der Waals surface area contributed by atoms with Crippen LogP contribution in [-0.2, 0) is 11.3 Å². The van der Waals surface area contributed by atoms with E-state index in [0.29, 0.717) is 23.8 Å². The molecule has 6 nitrogen and oxygen atoms in total. The van der Waals surface area contributed by atoms with Gasteiger partial charge in [0.25, 0.3) is 0 Å². The lowest BCUT2D eigenvalue weighted by molar-refractivity contribution is -0.115. The highest BCUT2D eigenvalue weighted by atomic mass is 16.5. The highest BCUT2D eigenvalue weighted by molar-refractivity contribution is 5.95. The predicted octanol–water partition coefficient (Wildman–Crippen LogP) is 1.98. The molecule has 2 aromatic rings. The molecule has 26 heavy (non-hydrogen) atoms. The minimum Gasteiger partial charge on any atom is -0.497 e. The molecule has 0 fully saturated rings. The van der Waals surface area contributed by atoms with Gasteiger partial charge in [0.1, 0.15) is 5.75 Å². The molecule has 0 aromatic heterocycles. The van der Waals surface area contributed by atoms with Crippen LogP contribution in [0.4, 0.5) is 5.69 Å². The van der Waals surface area contributed by atoms with Gasteiger partial charge in [-0.15, -0.1) is 6.42 Å². The van der Waals surface area contributed by atoms with Crippen molar-refractivity contribution in [3.63, 3.8) is 0 Å². The number of anilines is 1. The van der Waals surface area contributed by atoms with E-state index in [2.05, 4.69) is 26.9 Å². The number of methoxy groups -OCH3 is 1. The van der Waals surface area contributed by atoms with Crippen LogP contribution < -0.4 is 20.7 Å². The molecule has 0 radical (unpaired) electrons. The summed E-state index contributed by atoms with van der Waals surface area (Å²) in [5.41, 5.74) is 2.42. The number of benzene rings is 2. The van der Waals surface area contributed by atoms with Gasteiger partial charge in [0.05, 0.1) is 13.7 Å². The standard InChI is InChI=1S/C20H22N4O2/c1-4-15-7-5-9-17(11-15)24-19(25)14-23-20(21-2)22-13-16-8-6-10-18(12-16)26-3/h1,5-12H,13-14H2,2-3H3,(H,24,25)(H2,21,22,23). The Morgan fingerprint density at radius 2 is 2.00 bits per heavy atom. The Kier molecular flexibility index (Phi) is 7.07. The van der Waals surface area contributed by atoms with Crippen LogP contribution in [0.25, 0.3) is 0 Å². The van der Waals surface area contributed by atoms with Crippen molar-refractivity contribution in [1.29, 1.82) is 0 Å². The van der Waals surface area contributed by atoms with Crippen LogP contribution in [0.3, 0.4) is 0 Å². The molecule has 2 aromatic carbocycles. The van der Waals surface area contributed by atoms with Crippen molar-refractivity contribution in [2.45, 2.75) is 6.54 Å². The van der Waals surface area contributed by atoms with E-state index in [-0.39, 0.29) is 12.5 Å². The molecule has 2 rings (SSSR count). The van der Waals surface area contributed by atoms with Gasteiger partial charge < -0.3 is 20.7 Å². The van der Waals surface area contributed by atoms with Crippen LogP contribution in [0.1, 0.15) is 11.1 Å². The molecule has 3 N–H and O–H groups in total. The van der Waals surface area contributed by atoms with Gasteiger partial charge in [-0.05, 0) is 35.9 Å². The number of ether oxygens (including phenoxy) is 1. The van der Waals surface area contributed by atoms with E-state index in [9.17, 15) is 4.79 Å². The van der Waals surface area contributed by atoms with Crippen LogP contribution in [-0.4, -0.2) is 32.6 Å². The molecule has 0 spiro atoms. The van der Waals surface area contributed by atoms with Crippen LogP contribution in [0.5, 0.6) is 5.75 Å². The van der Waals surface area contributed by atoms with Gasteiger partial charge in [-0.25, -0.2) is 0 Å². The van der Waals surface area contributed by atoms with Gasteiger partial charge in [-0.2, -0.15) is 0 Å². The first-order chi connectivity index (χ1) is 12.6. The number of guanidine groups is 1. The third kappa shape index (κ3) is 5.87. The van der Waals surface area contributed by atoms with Crippen LogP contribution in [0, 0.1) is 12.3 Å². The van der Waals surface area contributed by atoms with E-state index in [4.69, 9.17) is 11.2 Å². The molecule has 0 aliphatic carbocycles. The number of aliphatic imine (C=N–C) groups is 1. The predicted molar refractivity (Wildman–Crippen MR) is 104 cm³/mol. The minimum absolute atomic E-state index is 0.0814. The Labute approximate surface area is 153 Å². The zero-order valence-corrected chi connectivity index (χ0v) is 14.9. The van der Waals surface area contributed by atoms with Crippen LogP contribution in [0.15, 0.2) is 53.5 Å². The molecular formula is C20H22N4O2. The molecule has 0 bridgehead atoms. The van der Waals surface area contributed by atoms with Crippen molar-refractivity contribution >= 4 is 17.6 Å². The maximum atomic E-state index is 12.1. The third-order valence-electron chi connectivity index (χ3n) is 3.55. The summed E-state index contributed by atoms with van der Waals surface area (Å²) in [5.74, 6) is 3.66. The second-order valence-corrected chi connectivity index (χ2v) is 5.40. The SMILES string of the molecule is C#Cc1cccc(NC(=O)CNC(=NC)NCc2cccc(OC)c2)c1. The molecule has 6 heteroatoms. The highest BCUT2D eigenvalue weighted by Gasteiger charge is 2.05. The number of terminal acetylenes is 1. The van der Waals surface area contributed by atoms with Crippen molar-refractivity contribution < 1.29 is 9.53 Å². The average molecular weight is 350 g/mol. The van der Waals surface area contributed by atoms with Crippen molar-refractivity contribution in [1.82, 2.24) is 10.6 Å². The topological polar surface area (TPSA) is 74.8 Å². The molecule has 0 aliphatic rings. The summed E-state index contributed by atoms with van der Waals surface area (Å²) in [5, 5.41) is 8.91. The fraction of sp³-hybridized carbons (Fsp3) is 0.200.